The van der Waals surface area contributed by atoms with E-state index >= 15 is 0 Å². The average molecular weight is 406 g/mol. The third-order valence-electron chi connectivity index (χ3n) is 5.81. The molecule has 0 unspecified atom stereocenters. The molecule has 3 aromatic heterocycles. The third kappa shape index (κ3) is 3.23. The van der Waals surface area contributed by atoms with Gasteiger partial charge in [0.15, 0.2) is 11.4 Å². The minimum Gasteiger partial charge on any atom is -0.436 e. The van der Waals surface area contributed by atoms with E-state index < -0.39 is 5.82 Å². The highest BCUT2D eigenvalue weighted by atomic mass is 19.1. The molecule has 2 N–H and O–H groups in total. The molecule has 4 heterocycles. The van der Waals surface area contributed by atoms with Gasteiger partial charge < -0.3 is 15.1 Å². The SMILES string of the molecule is Cc1nn(C2CCN(C)CC2)cc1-c1cnc(N)c(-c2nc3c(F)cccc3o2)c1. The molecule has 0 atom stereocenters. The Morgan fingerprint density at radius 2 is 2.00 bits per heavy atom. The van der Waals surface area contributed by atoms with Gasteiger partial charge in [0.05, 0.1) is 17.3 Å². The number of nitrogens with two attached hydrogens (primary N) is 1. The van der Waals surface area contributed by atoms with E-state index in [4.69, 9.17) is 15.2 Å². The number of hydrogen-bond donors (Lipinski definition) is 1. The summed E-state index contributed by atoms with van der Waals surface area (Å²) in [6, 6.07) is 6.90. The summed E-state index contributed by atoms with van der Waals surface area (Å²) in [5.74, 6) is 0.105. The van der Waals surface area contributed by atoms with Crippen molar-refractivity contribution in [3.8, 4) is 22.6 Å². The van der Waals surface area contributed by atoms with Crippen molar-refractivity contribution in [3.05, 3.63) is 48.2 Å². The summed E-state index contributed by atoms with van der Waals surface area (Å²) in [4.78, 5) is 11.0. The van der Waals surface area contributed by atoms with Crippen LogP contribution in [0.15, 0.2) is 41.1 Å². The fourth-order valence-electron chi connectivity index (χ4n) is 4.04. The number of aryl methyl sites for hydroxylation is 1. The zero-order valence-corrected chi connectivity index (χ0v) is 17.0. The molecule has 154 valence electrons. The van der Waals surface area contributed by atoms with E-state index in [9.17, 15) is 4.39 Å². The van der Waals surface area contributed by atoms with E-state index in [0.717, 1.165) is 42.8 Å². The maximum Gasteiger partial charge on any atom is 0.231 e. The van der Waals surface area contributed by atoms with Crippen LogP contribution >= 0.6 is 0 Å². The molecule has 8 heteroatoms. The lowest BCUT2D eigenvalue weighted by Crippen LogP contribution is -2.31. The number of fused-ring (bicyclic) bond motifs is 1. The number of nitrogen functional groups attached to an aromatic ring is 1. The number of nitrogens with zero attached hydrogens (tertiary/aromatic N) is 5. The van der Waals surface area contributed by atoms with Crippen LogP contribution in [0.3, 0.4) is 0 Å². The Bertz CT molecular complexity index is 1220. The first-order chi connectivity index (χ1) is 14.5. The summed E-state index contributed by atoms with van der Waals surface area (Å²) in [7, 11) is 2.15. The zero-order chi connectivity index (χ0) is 20.8. The number of likely N-dealkylation sites (tertiary alicyclic amines) is 1. The van der Waals surface area contributed by atoms with Crippen molar-refractivity contribution in [1.82, 2.24) is 24.6 Å². The minimum absolute atomic E-state index is 0.184. The monoisotopic (exact) mass is 406 g/mol. The van der Waals surface area contributed by atoms with Gasteiger partial charge in [-0.05, 0) is 58.1 Å². The fourth-order valence-corrected chi connectivity index (χ4v) is 4.04. The number of aromatic nitrogens is 4. The number of benzene rings is 1. The number of hydrogen-bond acceptors (Lipinski definition) is 6. The van der Waals surface area contributed by atoms with Gasteiger partial charge in [0.2, 0.25) is 5.89 Å². The summed E-state index contributed by atoms with van der Waals surface area (Å²) < 4.78 is 21.9. The van der Waals surface area contributed by atoms with Gasteiger partial charge in [-0.1, -0.05) is 6.07 Å². The Kier molecular flexibility index (Phi) is 4.51. The number of para-hydroxylation sites is 1. The van der Waals surface area contributed by atoms with E-state index in [1.165, 1.54) is 6.07 Å². The van der Waals surface area contributed by atoms with E-state index in [1.54, 1.807) is 18.3 Å². The number of oxazole rings is 1. The molecule has 30 heavy (non-hydrogen) atoms. The van der Waals surface area contributed by atoms with Crippen LogP contribution < -0.4 is 5.73 Å². The lowest BCUT2D eigenvalue weighted by atomic mass is 10.1. The first-order valence-corrected chi connectivity index (χ1v) is 10.0. The van der Waals surface area contributed by atoms with Gasteiger partial charge in [0, 0.05) is 23.5 Å². The van der Waals surface area contributed by atoms with Crippen LogP contribution in [0.5, 0.6) is 0 Å². The lowest BCUT2D eigenvalue weighted by Gasteiger charge is -2.29. The van der Waals surface area contributed by atoms with Crippen molar-refractivity contribution in [3.63, 3.8) is 0 Å². The van der Waals surface area contributed by atoms with Crippen LogP contribution in [-0.4, -0.2) is 44.8 Å². The molecule has 7 nitrogen and oxygen atoms in total. The molecule has 4 aromatic rings. The second-order valence-corrected chi connectivity index (χ2v) is 7.91. The third-order valence-corrected chi connectivity index (χ3v) is 5.81. The molecule has 0 amide bonds. The summed E-state index contributed by atoms with van der Waals surface area (Å²) in [6.07, 6.45) is 5.96. The summed E-state index contributed by atoms with van der Waals surface area (Å²) in [6.45, 7) is 4.13. The predicted octanol–water partition coefficient (Wildman–Crippen LogP) is 4.05. The Hall–Kier alpha value is -3.26. The first kappa shape index (κ1) is 18.7. The molecule has 1 aromatic carbocycles. The standard InChI is InChI=1S/C22H23FN6O/c1-13-17(12-29(27-13)15-6-8-28(2)9-7-15)14-10-16(21(24)25-11-14)22-26-20-18(23)4-3-5-19(20)30-22/h3-5,10-12,15H,6-9H2,1-2H3,(H2,24,25). The van der Waals surface area contributed by atoms with E-state index in [1.807, 2.05) is 13.0 Å². The molecule has 0 bridgehead atoms. The van der Waals surface area contributed by atoms with Crippen LogP contribution in [0.4, 0.5) is 10.2 Å². The van der Waals surface area contributed by atoms with Crippen molar-refractivity contribution in [1.29, 1.82) is 0 Å². The van der Waals surface area contributed by atoms with E-state index in [0.29, 0.717) is 17.2 Å². The number of rotatable bonds is 3. The number of anilines is 1. The van der Waals surface area contributed by atoms with Gasteiger partial charge >= 0.3 is 0 Å². The molecule has 1 saturated heterocycles. The van der Waals surface area contributed by atoms with Gasteiger partial charge in [-0.25, -0.2) is 14.4 Å². The lowest BCUT2D eigenvalue weighted by molar-refractivity contribution is 0.212. The maximum atomic E-state index is 14.0. The fraction of sp³-hybridized carbons (Fsp3) is 0.318. The van der Waals surface area contributed by atoms with Crippen LogP contribution in [0, 0.1) is 12.7 Å². The Morgan fingerprint density at radius 1 is 1.20 bits per heavy atom. The van der Waals surface area contributed by atoms with Gasteiger partial charge in [0.25, 0.3) is 0 Å². The topological polar surface area (TPSA) is 86.0 Å². The van der Waals surface area contributed by atoms with Crippen LogP contribution in [0.25, 0.3) is 33.7 Å². The first-order valence-electron chi connectivity index (χ1n) is 10.0. The molecule has 0 spiro atoms. The molecule has 1 fully saturated rings. The van der Waals surface area contributed by atoms with Crippen molar-refractivity contribution in [2.24, 2.45) is 0 Å². The highest BCUT2D eigenvalue weighted by molar-refractivity contribution is 5.81. The second kappa shape index (κ2) is 7.21. The molecule has 0 radical (unpaired) electrons. The van der Waals surface area contributed by atoms with E-state index in [2.05, 4.69) is 32.8 Å². The van der Waals surface area contributed by atoms with Crippen LogP contribution in [0.1, 0.15) is 24.6 Å². The maximum absolute atomic E-state index is 14.0. The van der Waals surface area contributed by atoms with Crippen molar-refractivity contribution in [2.75, 3.05) is 25.9 Å². The molecule has 1 aliphatic rings. The number of piperidine rings is 1. The highest BCUT2D eigenvalue weighted by Crippen LogP contribution is 2.33. The molecular weight excluding hydrogens is 383 g/mol. The van der Waals surface area contributed by atoms with Crippen molar-refractivity contribution in [2.45, 2.75) is 25.8 Å². The molecule has 0 aliphatic carbocycles. The zero-order valence-electron chi connectivity index (χ0n) is 17.0. The number of halogens is 1. The van der Waals surface area contributed by atoms with E-state index in [-0.39, 0.29) is 17.2 Å². The Morgan fingerprint density at radius 3 is 2.77 bits per heavy atom. The summed E-state index contributed by atoms with van der Waals surface area (Å²) in [5, 5.41) is 4.76. The summed E-state index contributed by atoms with van der Waals surface area (Å²) >= 11 is 0. The van der Waals surface area contributed by atoms with Crippen molar-refractivity contribution >= 4 is 16.9 Å². The molecule has 1 aliphatic heterocycles. The normalized spacial score (nSPS) is 15.8. The van der Waals surface area contributed by atoms with Gasteiger partial charge in [0.1, 0.15) is 11.3 Å². The Labute approximate surface area is 173 Å². The second-order valence-electron chi connectivity index (χ2n) is 7.91. The van der Waals surface area contributed by atoms with Crippen molar-refractivity contribution < 1.29 is 8.81 Å². The molecular formula is C22H23FN6O. The molecule has 5 rings (SSSR count). The van der Waals surface area contributed by atoms with Crippen LogP contribution in [-0.2, 0) is 0 Å². The Balaban J connectivity index is 1.52. The van der Waals surface area contributed by atoms with Crippen LogP contribution in [0.2, 0.25) is 0 Å². The molecule has 0 saturated carbocycles. The summed E-state index contributed by atoms with van der Waals surface area (Å²) in [5.41, 5.74) is 9.99. The highest BCUT2D eigenvalue weighted by Gasteiger charge is 2.21. The van der Waals surface area contributed by atoms with Gasteiger partial charge in [-0.15, -0.1) is 0 Å². The van der Waals surface area contributed by atoms with Gasteiger partial charge in [-0.3, -0.25) is 4.68 Å². The smallest absolute Gasteiger partial charge is 0.231 e. The largest absolute Gasteiger partial charge is 0.436 e. The van der Waals surface area contributed by atoms with Gasteiger partial charge in [-0.2, -0.15) is 5.10 Å². The predicted molar refractivity (Wildman–Crippen MR) is 113 cm³/mol. The average Bonchev–Trinajstić information content (AvgIpc) is 3.34. The number of pyridine rings is 1. The quantitative estimate of drug-likeness (QED) is 0.552. The minimum atomic E-state index is -0.430.